The third kappa shape index (κ3) is 4.54. The second kappa shape index (κ2) is 8.73. The smallest absolute Gasteiger partial charge is 0.451 e. The molecule has 6 nitrogen and oxygen atoms in total. The van der Waals surface area contributed by atoms with Crippen molar-refractivity contribution in [3.05, 3.63) is 35.4 Å². The fourth-order valence-corrected chi connectivity index (χ4v) is 4.87. The highest BCUT2D eigenvalue weighted by atomic mass is 16.4. The number of hydrogen-bond donors (Lipinski definition) is 4. The molecule has 1 aromatic carbocycles. The van der Waals surface area contributed by atoms with Gasteiger partial charge in [-0.3, -0.25) is 9.69 Å². The number of carboxylic acids is 1. The summed E-state index contributed by atoms with van der Waals surface area (Å²) in [5, 5.41) is 27.7. The topological polar surface area (TPSA) is 107 Å². The molecule has 0 saturated carbocycles. The summed E-state index contributed by atoms with van der Waals surface area (Å²) >= 11 is 0. The maximum Gasteiger partial charge on any atom is 0.451 e. The zero-order chi connectivity index (χ0) is 19.4. The molecule has 148 valence electrons. The van der Waals surface area contributed by atoms with E-state index in [2.05, 4.69) is 29.2 Å². The number of benzene rings is 1. The number of aliphatic carboxylic acids is 1. The number of carbonyl (C=O) groups is 1. The number of unbranched alkanes of at least 4 members (excludes halogenated alkanes) is 1. The molecule has 1 fully saturated rings. The number of carboxylic acid groups (broad SMARTS) is 1. The molecule has 0 amide bonds. The lowest BCUT2D eigenvalue weighted by Gasteiger charge is -2.42. The standard InChI is InChI=1S/C20H31BN2O4/c22-20(19(24)25,11-3-4-12-21(26)27)16-9-13-23(14-10-16)18-8-7-15-5-1-2-6-17(15)18/h1-2,5-6,16,18,26-27H,3-4,7-14,22H2,(H,24,25)/t18?,20-/m1/s1. The lowest BCUT2D eigenvalue weighted by atomic mass is 9.74. The van der Waals surface area contributed by atoms with Crippen molar-refractivity contribution < 1.29 is 19.9 Å². The van der Waals surface area contributed by atoms with Gasteiger partial charge in [0.1, 0.15) is 5.54 Å². The van der Waals surface area contributed by atoms with Gasteiger partial charge in [-0.2, -0.15) is 0 Å². The largest absolute Gasteiger partial charge is 0.480 e. The Balaban J connectivity index is 1.57. The van der Waals surface area contributed by atoms with Crippen molar-refractivity contribution in [2.24, 2.45) is 11.7 Å². The van der Waals surface area contributed by atoms with E-state index >= 15 is 0 Å². The van der Waals surface area contributed by atoms with Gasteiger partial charge < -0.3 is 20.9 Å². The SMILES string of the molecule is N[C@@](CCCCB(O)O)(C(=O)O)C1CCN(C2CCc3ccccc32)CC1. The summed E-state index contributed by atoms with van der Waals surface area (Å²) in [6.07, 6.45) is 5.65. The monoisotopic (exact) mass is 374 g/mol. The van der Waals surface area contributed by atoms with Crippen molar-refractivity contribution in [1.82, 2.24) is 4.90 Å². The number of aryl methyl sites for hydroxylation is 1. The van der Waals surface area contributed by atoms with Crippen LogP contribution in [-0.4, -0.2) is 51.8 Å². The summed E-state index contributed by atoms with van der Waals surface area (Å²) in [4.78, 5) is 14.4. The number of hydrogen-bond acceptors (Lipinski definition) is 5. The lowest BCUT2D eigenvalue weighted by molar-refractivity contribution is -0.147. The first-order valence-corrected chi connectivity index (χ1v) is 10.1. The van der Waals surface area contributed by atoms with Gasteiger partial charge in [0, 0.05) is 6.04 Å². The molecule has 0 spiro atoms. The van der Waals surface area contributed by atoms with E-state index in [1.54, 1.807) is 0 Å². The molecule has 5 N–H and O–H groups in total. The normalized spacial score (nSPS) is 23.0. The Morgan fingerprint density at radius 1 is 1.19 bits per heavy atom. The molecule has 1 unspecified atom stereocenters. The molecule has 2 aliphatic rings. The van der Waals surface area contributed by atoms with Gasteiger partial charge in [-0.1, -0.05) is 37.1 Å². The average Bonchev–Trinajstić information content (AvgIpc) is 3.09. The number of nitrogens with two attached hydrogens (primary N) is 1. The van der Waals surface area contributed by atoms with Gasteiger partial charge in [-0.15, -0.1) is 0 Å². The maximum absolute atomic E-state index is 11.9. The predicted octanol–water partition coefficient (Wildman–Crippen LogP) is 1.81. The van der Waals surface area contributed by atoms with E-state index < -0.39 is 18.6 Å². The van der Waals surface area contributed by atoms with Crippen LogP contribution in [0, 0.1) is 5.92 Å². The second-order valence-electron chi connectivity index (χ2n) is 8.14. The highest BCUT2D eigenvalue weighted by Crippen LogP contribution is 2.39. The molecule has 0 aromatic heterocycles. The first-order valence-electron chi connectivity index (χ1n) is 10.1. The summed E-state index contributed by atoms with van der Waals surface area (Å²) in [6.45, 7) is 1.76. The minimum absolute atomic E-state index is 0.0399. The summed E-state index contributed by atoms with van der Waals surface area (Å²) < 4.78 is 0. The van der Waals surface area contributed by atoms with Crippen molar-refractivity contribution in [2.75, 3.05) is 13.1 Å². The Morgan fingerprint density at radius 3 is 2.56 bits per heavy atom. The average molecular weight is 374 g/mol. The first-order chi connectivity index (χ1) is 12.9. The predicted molar refractivity (Wildman–Crippen MR) is 105 cm³/mol. The fourth-order valence-electron chi connectivity index (χ4n) is 4.87. The molecule has 1 heterocycles. The molecular weight excluding hydrogens is 343 g/mol. The zero-order valence-electron chi connectivity index (χ0n) is 15.9. The minimum atomic E-state index is -1.33. The van der Waals surface area contributed by atoms with Gasteiger partial charge in [-0.25, -0.2) is 0 Å². The van der Waals surface area contributed by atoms with Crippen molar-refractivity contribution >= 4 is 13.1 Å². The van der Waals surface area contributed by atoms with Gasteiger partial charge in [0.2, 0.25) is 0 Å². The Morgan fingerprint density at radius 2 is 1.89 bits per heavy atom. The van der Waals surface area contributed by atoms with Crippen molar-refractivity contribution in [3.8, 4) is 0 Å². The van der Waals surface area contributed by atoms with Gasteiger partial charge in [0.25, 0.3) is 0 Å². The van der Waals surface area contributed by atoms with Crippen LogP contribution < -0.4 is 5.73 Å². The summed E-state index contributed by atoms with van der Waals surface area (Å²) in [5.74, 6) is -0.973. The molecular formula is C20H31BN2O4. The molecule has 27 heavy (non-hydrogen) atoms. The third-order valence-corrected chi connectivity index (χ3v) is 6.50. The van der Waals surface area contributed by atoms with E-state index in [1.807, 2.05) is 0 Å². The van der Waals surface area contributed by atoms with Crippen LogP contribution >= 0.6 is 0 Å². The molecule has 1 aliphatic heterocycles. The highest BCUT2D eigenvalue weighted by molar-refractivity contribution is 6.40. The van der Waals surface area contributed by atoms with Crippen LogP contribution in [0.5, 0.6) is 0 Å². The summed E-state index contributed by atoms with van der Waals surface area (Å²) in [7, 11) is -1.33. The molecule has 0 bridgehead atoms. The molecule has 1 aliphatic carbocycles. The Kier molecular flexibility index (Phi) is 6.58. The quantitative estimate of drug-likeness (QED) is 0.408. The van der Waals surface area contributed by atoms with Crippen LogP contribution in [0.15, 0.2) is 24.3 Å². The number of likely N-dealkylation sites (tertiary alicyclic amines) is 1. The van der Waals surface area contributed by atoms with Crippen LogP contribution in [-0.2, 0) is 11.2 Å². The van der Waals surface area contributed by atoms with Gasteiger partial charge in [-0.05, 0) is 68.6 Å². The molecule has 1 saturated heterocycles. The first kappa shape index (κ1) is 20.3. The van der Waals surface area contributed by atoms with Crippen LogP contribution in [0.3, 0.4) is 0 Å². The Labute approximate surface area is 161 Å². The van der Waals surface area contributed by atoms with Crippen LogP contribution in [0.4, 0.5) is 0 Å². The van der Waals surface area contributed by atoms with Crippen LogP contribution in [0.2, 0.25) is 6.32 Å². The highest BCUT2D eigenvalue weighted by Gasteiger charge is 2.44. The third-order valence-electron chi connectivity index (χ3n) is 6.50. The van der Waals surface area contributed by atoms with E-state index in [4.69, 9.17) is 15.8 Å². The van der Waals surface area contributed by atoms with Crippen LogP contribution in [0.25, 0.3) is 0 Å². The molecule has 7 heteroatoms. The zero-order valence-corrected chi connectivity index (χ0v) is 15.9. The van der Waals surface area contributed by atoms with E-state index in [1.165, 1.54) is 11.1 Å². The Bertz CT molecular complexity index is 649. The summed E-state index contributed by atoms with van der Waals surface area (Å²) in [6, 6.07) is 9.08. The van der Waals surface area contributed by atoms with Gasteiger partial charge >= 0.3 is 13.1 Å². The number of piperidine rings is 1. The number of nitrogens with zero attached hydrogens (tertiary/aromatic N) is 1. The molecule has 3 rings (SSSR count). The number of rotatable bonds is 8. The van der Waals surface area contributed by atoms with Crippen molar-refractivity contribution in [3.63, 3.8) is 0 Å². The van der Waals surface area contributed by atoms with Crippen LogP contribution in [0.1, 0.15) is 55.7 Å². The van der Waals surface area contributed by atoms with Gasteiger partial charge in [0.05, 0.1) is 0 Å². The van der Waals surface area contributed by atoms with E-state index in [-0.39, 0.29) is 12.2 Å². The fraction of sp³-hybridized carbons (Fsp3) is 0.650. The maximum atomic E-state index is 11.9. The molecule has 1 aromatic rings. The lowest BCUT2D eigenvalue weighted by Crippen LogP contribution is -2.57. The van der Waals surface area contributed by atoms with Crippen molar-refractivity contribution in [2.45, 2.75) is 62.8 Å². The van der Waals surface area contributed by atoms with E-state index in [0.717, 1.165) is 38.8 Å². The minimum Gasteiger partial charge on any atom is -0.480 e. The van der Waals surface area contributed by atoms with Crippen molar-refractivity contribution in [1.29, 1.82) is 0 Å². The molecule has 2 atom stereocenters. The summed E-state index contributed by atoms with van der Waals surface area (Å²) in [5.41, 5.74) is 8.01. The second-order valence-corrected chi connectivity index (χ2v) is 8.14. The van der Waals surface area contributed by atoms with E-state index in [0.29, 0.717) is 25.3 Å². The Hall–Kier alpha value is -1.41. The number of fused-ring (bicyclic) bond motifs is 1. The molecule has 0 radical (unpaired) electrons. The van der Waals surface area contributed by atoms with Gasteiger partial charge in [0.15, 0.2) is 0 Å². The van der Waals surface area contributed by atoms with E-state index in [9.17, 15) is 9.90 Å².